The summed E-state index contributed by atoms with van der Waals surface area (Å²) in [7, 11) is 0. The van der Waals surface area contributed by atoms with Crippen molar-refractivity contribution in [2.45, 2.75) is 39.2 Å². The number of nitrogens with zero attached hydrogens (tertiary/aromatic N) is 3. The number of aromatic amines is 1. The largest absolute Gasteiger partial charge is 0.482 e. The minimum absolute atomic E-state index is 0.0750. The lowest BCUT2D eigenvalue weighted by Gasteiger charge is -2.16. The van der Waals surface area contributed by atoms with Crippen LogP contribution < -0.4 is 10.3 Å². The number of nitrogens with one attached hydrogen (secondary N) is 1. The van der Waals surface area contributed by atoms with Crippen LogP contribution in [-0.4, -0.2) is 19.9 Å². The minimum Gasteiger partial charge on any atom is -0.482 e. The third-order valence-corrected chi connectivity index (χ3v) is 5.04. The lowest BCUT2D eigenvalue weighted by Crippen LogP contribution is -2.15. The maximum atomic E-state index is 12.4. The zero-order chi connectivity index (χ0) is 22.6. The summed E-state index contributed by atoms with van der Waals surface area (Å²) < 4.78 is 5.60. The van der Waals surface area contributed by atoms with Crippen LogP contribution in [0, 0.1) is 0 Å². The van der Waals surface area contributed by atoms with Gasteiger partial charge in [-0.25, -0.2) is 15.0 Å². The van der Waals surface area contributed by atoms with Crippen molar-refractivity contribution in [2.24, 2.45) is 0 Å². The van der Waals surface area contributed by atoms with Crippen LogP contribution in [0.5, 0.6) is 5.75 Å². The Morgan fingerprint density at radius 1 is 0.812 bits per heavy atom. The van der Waals surface area contributed by atoms with E-state index in [9.17, 15) is 4.79 Å². The molecule has 2 heterocycles. The van der Waals surface area contributed by atoms with Crippen LogP contribution in [0.15, 0.2) is 78.0 Å². The maximum absolute atomic E-state index is 12.4. The van der Waals surface area contributed by atoms with Crippen LogP contribution in [0.4, 0.5) is 0 Å². The van der Waals surface area contributed by atoms with E-state index in [0.717, 1.165) is 28.1 Å². The van der Waals surface area contributed by atoms with Crippen LogP contribution in [0.3, 0.4) is 0 Å². The molecular formula is C26H26N4O2. The van der Waals surface area contributed by atoms with Crippen molar-refractivity contribution in [3.63, 3.8) is 0 Å². The van der Waals surface area contributed by atoms with E-state index in [-0.39, 0.29) is 16.7 Å². The Hall–Kier alpha value is -3.80. The van der Waals surface area contributed by atoms with Crippen molar-refractivity contribution in [2.75, 3.05) is 0 Å². The molecule has 2 aromatic heterocycles. The summed E-state index contributed by atoms with van der Waals surface area (Å²) in [6.45, 7) is 6.61. The summed E-state index contributed by atoms with van der Waals surface area (Å²) in [5.74, 6) is 1.63. The molecule has 6 nitrogen and oxygen atoms in total. The van der Waals surface area contributed by atoms with E-state index in [2.05, 4.69) is 40.7 Å². The Kier molecular flexibility index (Phi) is 6.12. The minimum atomic E-state index is -0.279. The molecule has 2 aromatic carbocycles. The summed E-state index contributed by atoms with van der Waals surface area (Å²) in [6, 6.07) is 17.8. The first kappa shape index (κ1) is 21.4. The van der Waals surface area contributed by atoms with Crippen LogP contribution in [-0.2, 0) is 18.4 Å². The highest BCUT2D eigenvalue weighted by atomic mass is 16.5. The summed E-state index contributed by atoms with van der Waals surface area (Å²) in [6.07, 6.45) is 5.72. The van der Waals surface area contributed by atoms with E-state index in [1.54, 1.807) is 0 Å². The summed E-state index contributed by atoms with van der Waals surface area (Å²) in [5, 5.41) is 0. The Morgan fingerprint density at radius 3 is 2.12 bits per heavy atom. The van der Waals surface area contributed by atoms with Gasteiger partial charge in [-0.2, -0.15) is 0 Å². The normalized spacial score (nSPS) is 11.3. The van der Waals surface area contributed by atoms with Gasteiger partial charge in [-0.15, -0.1) is 0 Å². The van der Waals surface area contributed by atoms with E-state index >= 15 is 0 Å². The van der Waals surface area contributed by atoms with Gasteiger partial charge in [-0.1, -0.05) is 75.4 Å². The van der Waals surface area contributed by atoms with Crippen molar-refractivity contribution in [3.8, 4) is 16.9 Å². The molecule has 0 aliphatic rings. The second-order valence-electron chi connectivity index (χ2n) is 8.72. The molecule has 0 unspecified atom stereocenters. The van der Waals surface area contributed by atoms with Gasteiger partial charge in [-0.05, 0) is 16.7 Å². The fraction of sp³-hybridized carbons (Fsp3) is 0.231. The zero-order valence-electron chi connectivity index (χ0n) is 18.5. The van der Waals surface area contributed by atoms with Crippen molar-refractivity contribution in [1.82, 2.24) is 19.9 Å². The molecule has 0 saturated heterocycles. The number of aromatic nitrogens is 4. The molecule has 1 N–H and O–H groups in total. The predicted molar refractivity (Wildman–Crippen MR) is 125 cm³/mol. The van der Waals surface area contributed by atoms with Gasteiger partial charge in [0, 0.05) is 29.8 Å². The van der Waals surface area contributed by atoms with Gasteiger partial charge in [0.25, 0.3) is 5.56 Å². The molecule has 0 atom stereocenters. The summed E-state index contributed by atoms with van der Waals surface area (Å²) in [4.78, 5) is 28.5. The zero-order valence-corrected chi connectivity index (χ0v) is 18.5. The number of H-pyrrole nitrogens is 1. The third kappa shape index (κ3) is 5.27. The molecule has 4 rings (SSSR count). The highest BCUT2D eigenvalue weighted by molar-refractivity contribution is 5.61. The number of rotatable bonds is 6. The number of hydrogen-bond donors (Lipinski definition) is 1. The second-order valence-corrected chi connectivity index (χ2v) is 8.72. The Balaban J connectivity index is 1.41. The first-order chi connectivity index (χ1) is 15.4. The molecule has 0 spiro atoms. The highest BCUT2D eigenvalue weighted by Gasteiger charge is 2.16. The van der Waals surface area contributed by atoms with Gasteiger partial charge in [0.05, 0.1) is 6.20 Å². The average Bonchev–Trinajstić information content (AvgIpc) is 2.79. The average molecular weight is 427 g/mol. The topological polar surface area (TPSA) is 80.8 Å². The molecule has 0 bridgehead atoms. The smallest absolute Gasteiger partial charge is 0.293 e. The van der Waals surface area contributed by atoms with Gasteiger partial charge < -0.3 is 9.72 Å². The fourth-order valence-electron chi connectivity index (χ4n) is 3.22. The van der Waals surface area contributed by atoms with E-state index in [0.29, 0.717) is 18.9 Å². The van der Waals surface area contributed by atoms with Crippen molar-refractivity contribution >= 4 is 0 Å². The molecule has 0 saturated carbocycles. The van der Waals surface area contributed by atoms with Crippen molar-refractivity contribution < 1.29 is 4.74 Å². The van der Waals surface area contributed by atoms with E-state index in [4.69, 9.17) is 4.74 Å². The van der Waals surface area contributed by atoms with Crippen molar-refractivity contribution in [1.29, 1.82) is 0 Å². The van der Waals surface area contributed by atoms with Gasteiger partial charge in [0.15, 0.2) is 0 Å². The van der Waals surface area contributed by atoms with Crippen LogP contribution in [0.2, 0.25) is 0 Å². The second kappa shape index (κ2) is 9.14. The van der Waals surface area contributed by atoms with E-state index in [1.807, 2.05) is 67.0 Å². The van der Waals surface area contributed by atoms with Gasteiger partial charge in [-0.3, -0.25) is 4.79 Å². The molecule has 0 amide bonds. The Bertz CT molecular complexity index is 1230. The van der Waals surface area contributed by atoms with Gasteiger partial charge in [0.2, 0.25) is 5.75 Å². The lowest BCUT2D eigenvalue weighted by atomic mass is 9.95. The molecule has 0 fully saturated rings. The fourth-order valence-corrected chi connectivity index (χ4v) is 3.22. The predicted octanol–water partition coefficient (Wildman–Crippen LogP) is 4.69. The molecule has 6 heteroatoms. The first-order valence-corrected chi connectivity index (χ1v) is 10.6. The van der Waals surface area contributed by atoms with Crippen molar-refractivity contribution in [3.05, 3.63) is 106 Å². The standard InChI is InChI=1S/C26H26N4O2/c1-26(2,3)25-28-14-21(15-29-25)20-11-9-18(10-12-20)13-23-27-16-22(24(31)30-23)32-17-19-7-5-4-6-8-19/h4-12,14-16H,13,17H2,1-3H3,(H,27,30,31). The lowest BCUT2D eigenvalue weighted by molar-refractivity contribution is 0.300. The SMILES string of the molecule is CC(C)(C)c1ncc(-c2ccc(Cc3ncc(OCc4ccccc4)c(=O)[nH]3)cc2)cn1. The van der Waals surface area contributed by atoms with Crippen LogP contribution >= 0.6 is 0 Å². The third-order valence-electron chi connectivity index (χ3n) is 5.04. The summed E-state index contributed by atoms with van der Waals surface area (Å²) in [5.41, 5.74) is 3.69. The molecule has 0 radical (unpaired) electrons. The summed E-state index contributed by atoms with van der Waals surface area (Å²) >= 11 is 0. The van der Waals surface area contributed by atoms with E-state index < -0.39 is 0 Å². The van der Waals surface area contributed by atoms with Crippen LogP contribution in [0.25, 0.3) is 11.1 Å². The number of ether oxygens (including phenoxy) is 1. The highest BCUT2D eigenvalue weighted by Crippen LogP contribution is 2.22. The number of hydrogen-bond acceptors (Lipinski definition) is 5. The molecule has 0 aliphatic carbocycles. The molecular weight excluding hydrogens is 400 g/mol. The molecule has 162 valence electrons. The van der Waals surface area contributed by atoms with Crippen LogP contribution in [0.1, 0.15) is 43.5 Å². The number of benzene rings is 2. The van der Waals surface area contributed by atoms with Gasteiger partial charge >= 0.3 is 0 Å². The van der Waals surface area contributed by atoms with Gasteiger partial charge in [0.1, 0.15) is 18.3 Å². The Morgan fingerprint density at radius 2 is 1.50 bits per heavy atom. The molecule has 4 aromatic rings. The molecule has 32 heavy (non-hydrogen) atoms. The quantitative estimate of drug-likeness (QED) is 0.484. The first-order valence-electron chi connectivity index (χ1n) is 10.6. The monoisotopic (exact) mass is 426 g/mol. The molecule has 0 aliphatic heterocycles. The Labute approximate surface area is 187 Å². The maximum Gasteiger partial charge on any atom is 0.293 e. The van der Waals surface area contributed by atoms with E-state index in [1.165, 1.54) is 6.20 Å².